The summed E-state index contributed by atoms with van der Waals surface area (Å²) < 4.78 is 0. The number of rotatable bonds is 5. The van der Waals surface area contributed by atoms with Crippen LogP contribution in [0.25, 0.3) is 0 Å². The fourth-order valence-corrected chi connectivity index (χ4v) is 2.52. The van der Waals surface area contributed by atoms with Crippen LogP contribution < -0.4 is 5.32 Å². The monoisotopic (exact) mass is 260 g/mol. The fraction of sp³-hybridized carbons (Fsp3) is 0.562. The predicted molar refractivity (Wildman–Crippen MR) is 78.0 cm³/mol. The Morgan fingerprint density at radius 3 is 2.63 bits per heavy atom. The lowest BCUT2D eigenvalue weighted by Gasteiger charge is -2.28. The molecule has 1 aromatic carbocycles. The van der Waals surface area contributed by atoms with Gasteiger partial charge in [0.15, 0.2) is 0 Å². The topological polar surface area (TPSA) is 32.3 Å². The molecule has 1 fully saturated rings. The van der Waals surface area contributed by atoms with Gasteiger partial charge in [-0.15, -0.1) is 0 Å². The van der Waals surface area contributed by atoms with Crippen LogP contribution in [-0.2, 0) is 11.2 Å². The molecule has 1 aliphatic heterocycles. The Labute approximate surface area is 116 Å². The van der Waals surface area contributed by atoms with E-state index < -0.39 is 0 Å². The van der Waals surface area contributed by atoms with Crippen LogP contribution in [0.2, 0.25) is 0 Å². The summed E-state index contributed by atoms with van der Waals surface area (Å²) in [6.07, 6.45) is 3.83. The first-order valence-electron chi connectivity index (χ1n) is 7.23. The zero-order chi connectivity index (χ0) is 13.5. The van der Waals surface area contributed by atoms with Crippen molar-refractivity contribution in [1.29, 1.82) is 0 Å². The molecule has 0 bridgehead atoms. The van der Waals surface area contributed by atoms with Gasteiger partial charge in [-0.05, 0) is 50.9 Å². The minimum Gasteiger partial charge on any atom is -0.356 e. The summed E-state index contributed by atoms with van der Waals surface area (Å²) in [7, 11) is 2.16. The number of nitrogens with zero attached hydrogens (tertiary/aromatic N) is 1. The van der Waals surface area contributed by atoms with Gasteiger partial charge in [0.1, 0.15) is 0 Å². The summed E-state index contributed by atoms with van der Waals surface area (Å²) in [6.45, 7) is 3.16. The lowest BCUT2D eigenvalue weighted by Crippen LogP contribution is -2.36. The molecule has 0 aromatic heterocycles. The van der Waals surface area contributed by atoms with Crippen molar-refractivity contribution in [1.82, 2.24) is 10.2 Å². The standard InChI is InChI=1S/C16H24N2O/c1-18-11-9-15(10-12-18)13-17-16(19)8-7-14-5-3-2-4-6-14/h2-6,15H,7-13H2,1H3,(H,17,19). The van der Waals surface area contributed by atoms with E-state index in [9.17, 15) is 4.79 Å². The van der Waals surface area contributed by atoms with Gasteiger partial charge in [0.25, 0.3) is 0 Å². The normalized spacial score (nSPS) is 17.3. The van der Waals surface area contributed by atoms with Gasteiger partial charge in [0.05, 0.1) is 0 Å². The minimum absolute atomic E-state index is 0.183. The third kappa shape index (κ3) is 5.03. The van der Waals surface area contributed by atoms with E-state index in [1.807, 2.05) is 18.2 Å². The van der Waals surface area contributed by atoms with Crippen molar-refractivity contribution in [2.24, 2.45) is 5.92 Å². The number of piperidine rings is 1. The van der Waals surface area contributed by atoms with Gasteiger partial charge >= 0.3 is 0 Å². The molecular formula is C16H24N2O. The Morgan fingerprint density at radius 2 is 1.95 bits per heavy atom. The lowest BCUT2D eigenvalue weighted by atomic mass is 9.97. The quantitative estimate of drug-likeness (QED) is 0.879. The summed E-state index contributed by atoms with van der Waals surface area (Å²) in [4.78, 5) is 14.2. The highest BCUT2D eigenvalue weighted by Gasteiger charge is 2.16. The molecule has 1 saturated heterocycles. The largest absolute Gasteiger partial charge is 0.356 e. The van der Waals surface area contributed by atoms with E-state index in [1.165, 1.54) is 18.4 Å². The van der Waals surface area contributed by atoms with Gasteiger partial charge in [-0.3, -0.25) is 4.79 Å². The summed E-state index contributed by atoms with van der Waals surface area (Å²) >= 11 is 0. The second-order valence-corrected chi connectivity index (χ2v) is 5.54. The molecule has 1 amide bonds. The fourth-order valence-electron chi connectivity index (χ4n) is 2.52. The van der Waals surface area contributed by atoms with Crippen molar-refractivity contribution in [2.45, 2.75) is 25.7 Å². The van der Waals surface area contributed by atoms with Crippen molar-refractivity contribution in [3.8, 4) is 0 Å². The lowest BCUT2D eigenvalue weighted by molar-refractivity contribution is -0.121. The summed E-state index contributed by atoms with van der Waals surface area (Å²) in [5, 5.41) is 3.08. The first-order valence-corrected chi connectivity index (χ1v) is 7.23. The number of benzene rings is 1. The number of hydrogen-bond acceptors (Lipinski definition) is 2. The van der Waals surface area contributed by atoms with Gasteiger partial charge in [0, 0.05) is 13.0 Å². The molecule has 0 spiro atoms. The summed E-state index contributed by atoms with van der Waals surface area (Å²) in [5.41, 5.74) is 1.23. The van der Waals surface area contributed by atoms with Gasteiger partial charge in [-0.1, -0.05) is 30.3 Å². The third-order valence-corrected chi connectivity index (χ3v) is 3.91. The van der Waals surface area contributed by atoms with E-state index in [2.05, 4.69) is 29.4 Å². The molecule has 0 atom stereocenters. The molecule has 104 valence electrons. The van der Waals surface area contributed by atoms with Crippen molar-refractivity contribution in [2.75, 3.05) is 26.7 Å². The Morgan fingerprint density at radius 1 is 1.26 bits per heavy atom. The zero-order valence-corrected chi connectivity index (χ0v) is 11.8. The van der Waals surface area contributed by atoms with Crippen molar-refractivity contribution in [3.05, 3.63) is 35.9 Å². The average molecular weight is 260 g/mol. The number of likely N-dealkylation sites (tertiary alicyclic amines) is 1. The molecule has 0 saturated carbocycles. The van der Waals surface area contributed by atoms with Gasteiger partial charge < -0.3 is 10.2 Å². The van der Waals surface area contributed by atoms with E-state index in [1.54, 1.807) is 0 Å². The van der Waals surface area contributed by atoms with Crippen LogP contribution in [0.4, 0.5) is 0 Å². The van der Waals surface area contributed by atoms with Crippen LogP contribution in [0.5, 0.6) is 0 Å². The van der Waals surface area contributed by atoms with Gasteiger partial charge in [-0.2, -0.15) is 0 Å². The second kappa shape index (κ2) is 7.29. The highest BCUT2D eigenvalue weighted by molar-refractivity contribution is 5.76. The van der Waals surface area contributed by atoms with E-state index in [-0.39, 0.29) is 5.91 Å². The molecule has 0 radical (unpaired) electrons. The van der Waals surface area contributed by atoms with E-state index >= 15 is 0 Å². The predicted octanol–water partition coefficient (Wildman–Crippen LogP) is 2.08. The third-order valence-electron chi connectivity index (χ3n) is 3.91. The number of aryl methyl sites for hydroxylation is 1. The molecule has 1 aliphatic rings. The molecule has 19 heavy (non-hydrogen) atoms. The summed E-state index contributed by atoms with van der Waals surface area (Å²) in [6, 6.07) is 10.2. The van der Waals surface area contributed by atoms with Crippen molar-refractivity contribution in [3.63, 3.8) is 0 Å². The number of carbonyl (C=O) groups is 1. The number of nitrogens with one attached hydrogen (secondary N) is 1. The van der Waals surface area contributed by atoms with Crippen LogP contribution in [-0.4, -0.2) is 37.5 Å². The molecule has 1 aromatic rings. The highest BCUT2D eigenvalue weighted by atomic mass is 16.1. The smallest absolute Gasteiger partial charge is 0.220 e. The van der Waals surface area contributed by atoms with E-state index in [0.29, 0.717) is 12.3 Å². The second-order valence-electron chi connectivity index (χ2n) is 5.54. The molecule has 1 N–H and O–H groups in total. The first kappa shape index (κ1) is 14.1. The van der Waals surface area contributed by atoms with Crippen LogP contribution in [0.1, 0.15) is 24.8 Å². The van der Waals surface area contributed by atoms with Crippen LogP contribution in [0.3, 0.4) is 0 Å². The molecule has 3 heteroatoms. The molecule has 3 nitrogen and oxygen atoms in total. The Balaban J connectivity index is 1.62. The van der Waals surface area contributed by atoms with E-state index in [4.69, 9.17) is 0 Å². The highest BCUT2D eigenvalue weighted by Crippen LogP contribution is 2.14. The molecule has 1 heterocycles. The maximum Gasteiger partial charge on any atom is 0.220 e. The molecular weight excluding hydrogens is 236 g/mol. The maximum atomic E-state index is 11.8. The number of amides is 1. The first-order chi connectivity index (χ1) is 9.24. The number of carbonyl (C=O) groups excluding carboxylic acids is 1. The zero-order valence-electron chi connectivity index (χ0n) is 11.8. The van der Waals surface area contributed by atoms with Crippen LogP contribution in [0, 0.1) is 5.92 Å². The SMILES string of the molecule is CN1CCC(CNC(=O)CCc2ccccc2)CC1. The molecule has 0 aliphatic carbocycles. The van der Waals surface area contributed by atoms with Crippen LogP contribution >= 0.6 is 0 Å². The Kier molecular flexibility index (Phi) is 5.40. The summed E-state index contributed by atoms with van der Waals surface area (Å²) in [5.74, 6) is 0.847. The Hall–Kier alpha value is -1.35. The van der Waals surface area contributed by atoms with Crippen LogP contribution in [0.15, 0.2) is 30.3 Å². The number of hydrogen-bond donors (Lipinski definition) is 1. The van der Waals surface area contributed by atoms with Gasteiger partial charge in [-0.25, -0.2) is 0 Å². The van der Waals surface area contributed by atoms with E-state index in [0.717, 1.165) is 26.1 Å². The Bertz CT molecular complexity index is 383. The average Bonchev–Trinajstić information content (AvgIpc) is 2.45. The molecule has 0 unspecified atom stereocenters. The van der Waals surface area contributed by atoms with Gasteiger partial charge in [0.2, 0.25) is 5.91 Å². The molecule has 2 rings (SSSR count). The maximum absolute atomic E-state index is 11.8. The minimum atomic E-state index is 0.183. The van der Waals surface area contributed by atoms with Crippen molar-refractivity contribution < 1.29 is 4.79 Å². The van der Waals surface area contributed by atoms with Crippen molar-refractivity contribution >= 4 is 5.91 Å².